The number of carbonyl (C=O) groups excluding carboxylic acids is 1. The van der Waals surface area contributed by atoms with Gasteiger partial charge in [-0.25, -0.2) is 0 Å². The fourth-order valence-corrected chi connectivity index (χ4v) is 4.26. The largest absolute Gasteiger partial charge is 0.493 e. The van der Waals surface area contributed by atoms with Gasteiger partial charge in [-0.05, 0) is 57.5 Å². The topological polar surface area (TPSA) is 50.8 Å². The first-order chi connectivity index (χ1) is 11.5. The van der Waals surface area contributed by atoms with Crippen LogP contribution >= 0.6 is 0 Å². The third-order valence-electron chi connectivity index (χ3n) is 5.66. The maximum absolute atomic E-state index is 13.2. The van der Waals surface area contributed by atoms with E-state index in [0.717, 1.165) is 44.0 Å². The second-order valence-corrected chi connectivity index (χ2v) is 7.12. The number of hydrogen-bond acceptors (Lipinski definition) is 4. The maximum Gasteiger partial charge on any atom is 0.229 e. The van der Waals surface area contributed by atoms with Gasteiger partial charge < -0.3 is 19.7 Å². The second-order valence-electron chi connectivity index (χ2n) is 7.12. The normalized spacial score (nSPS) is 23.1. The average molecular weight is 332 g/mol. The summed E-state index contributed by atoms with van der Waals surface area (Å²) in [4.78, 5) is 15.3. The summed E-state index contributed by atoms with van der Waals surface area (Å²) in [6.45, 7) is 6.79. The van der Waals surface area contributed by atoms with Crippen molar-refractivity contribution in [3.63, 3.8) is 0 Å². The molecule has 2 aliphatic heterocycles. The number of benzene rings is 1. The van der Waals surface area contributed by atoms with Gasteiger partial charge in [-0.1, -0.05) is 6.07 Å². The Labute approximate surface area is 144 Å². The van der Waals surface area contributed by atoms with E-state index < -0.39 is 0 Å². The summed E-state index contributed by atoms with van der Waals surface area (Å²) in [6, 6.07) is 6.32. The predicted molar refractivity (Wildman–Crippen MR) is 93.7 cm³/mol. The number of carbonyl (C=O) groups is 1. The van der Waals surface area contributed by atoms with Gasteiger partial charge in [0.25, 0.3) is 0 Å². The highest BCUT2D eigenvalue weighted by molar-refractivity contribution is 5.87. The Morgan fingerprint density at radius 3 is 2.42 bits per heavy atom. The lowest BCUT2D eigenvalue weighted by Crippen LogP contribution is -2.45. The van der Waals surface area contributed by atoms with Gasteiger partial charge in [0.2, 0.25) is 5.91 Å². The molecule has 1 aromatic rings. The lowest BCUT2D eigenvalue weighted by Gasteiger charge is -2.37. The van der Waals surface area contributed by atoms with Gasteiger partial charge in [-0.15, -0.1) is 0 Å². The number of piperidine rings is 1. The fraction of sp³-hybridized carbons (Fsp3) is 0.632. The second kappa shape index (κ2) is 6.63. The van der Waals surface area contributed by atoms with Crippen LogP contribution in [-0.2, 0) is 4.79 Å². The Morgan fingerprint density at radius 2 is 1.83 bits per heavy atom. The number of ether oxygens (including phenoxy) is 2. The molecular formula is C19H28N2O3. The molecule has 0 bridgehead atoms. The van der Waals surface area contributed by atoms with Gasteiger partial charge in [-0.2, -0.15) is 0 Å². The van der Waals surface area contributed by atoms with Gasteiger partial charge in [0, 0.05) is 18.5 Å². The highest BCUT2D eigenvalue weighted by Gasteiger charge is 2.54. The maximum atomic E-state index is 13.2. The summed E-state index contributed by atoms with van der Waals surface area (Å²) < 4.78 is 10.8. The first-order valence-corrected chi connectivity index (χ1v) is 8.77. The average Bonchev–Trinajstić information content (AvgIpc) is 2.88. The molecule has 3 rings (SSSR count). The summed E-state index contributed by atoms with van der Waals surface area (Å²) in [6.07, 6.45) is 1.79. The molecule has 2 fully saturated rings. The molecule has 1 amide bonds. The van der Waals surface area contributed by atoms with Crippen LogP contribution in [0.5, 0.6) is 11.5 Å². The minimum absolute atomic E-state index is 0.203. The highest BCUT2D eigenvalue weighted by Crippen LogP contribution is 2.51. The first-order valence-electron chi connectivity index (χ1n) is 8.77. The van der Waals surface area contributed by atoms with Crippen LogP contribution in [0.4, 0.5) is 0 Å². The number of hydrogen-bond donors (Lipinski definition) is 1. The quantitative estimate of drug-likeness (QED) is 0.920. The molecule has 5 heteroatoms. The zero-order valence-corrected chi connectivity index (χ0v) is 15.1. The minimum Gasteiger partial charge on any atom is -0.493 e. The number of nitrogens with zero attached hydrogens (tertiary/aromatic N) is 1. The van der Waals surface area contributed by atoms with E-state index in [-0.39, 0.29) is 17.4 Å². The van der Waals surface area contributed by atoms with Crippen LogP contribution in [0, 0.1) is 5.41 Å². The highest BCUT2D eigenvalue weighted by atomic mass is 16.5. The van der Waals surface area contributed by atoms with Crippen LogP contribution < -0.4 is 14.8 Å². The molecule has 132 valence electrons. The van der Waals surface area contributed by atoms with Crippen molar-refractivity contribution >= 4 is 5.91 Å². The van der Waals surface area contributed by atoms with Gasteiger partial charge in [0.05, 0.1) is 19.6 Å². The SMILES string of the molecule is COc1ccc(C2CN(C(C)C)C(=O)C23CCNCC3)cc1OC. The van der Waals surface area contributed by atoms with Gasteiger partial charge in [-0.3, -0.25) is 4.79 Å². The number of rotatable bonds is 4. The standard InChI is InChI=1S/C19H28N2O3/c1-13(2)21-12-15(19(18(21)22)7-9-20-10-8-19)14-5-6-16(23-3)17(11-14)24-4/h5-6,11,13,15,20H,7-10,12H2,1-4H3. The predicted octanol–water partition coefficient (Wildman–Crippen LogP) is 2.41. The van der Waals surface area contributed by atoms with Crippen LogP contribution in [0.3, 0.4) is 0 Å². The molecule has 0 radical (unpaired) electrons. The van der Waals surface area contributed by atoms with Crippen LogP contribution in [-0.4, -0.2) is 50.7 Å². The van der Waals surface area contributed by atoms with Crippen LogP contribution in [0.2, 0.25) is 0 Å². The van der Waals surface area contributed by atoms with Crippen molar-refractivity contribution in [3.05, 3.63) is 23.8 Å². The Kier molecular flexibility index (Phi) is 4.72. The summed E-state index contributed by atoms with van der Waals surface area (Å²) >= 11 is 0. The molecule has 0 saturated carbocycles. The van der Waals surface area contributed by atoms with E-state index in [0.29, 0.717) is 5.91 Å². The third kappa shape index (κ3) is 2.65. The Bertz CT molecular complexity index is 609. The van der Waals surface area contributed by atoms with E-state index >= 15 is 0 Å². The van der Waals surface area contributed by atoms with E-state index in [1.165, 1.54) is 5.56 Å². The molecule has 2 aliphatic rings. The molecule has 24 heavy (non-hydrogen) atoms. The minimum atomic E-state index is -0.283. The molecule has 5 nitrogen and oxygen atoms in total. The van der Waals surface area contributed by atoms with E-state index in [1.54, 1.807) is 14.2 Å². The molecule has 1 aromatic carbocycles. The summed E-state index contributed by atoms with van der Waals surface area (Å²) in [5.41, 5.74) is 0.890. The van der Waals surface area contributed by atoms with Crippen molar-refractivity contribution in [2.75, 3.05) is 33.9 Å². The fourth-order valence-electron chi connectivity index (χ4n) is 4.26. The van der Waals surface area contributed by atoms with Gasteiger partial charge >= 0.3 is 0 Å². The van der Waals surface area contributed by atoms with Crippen LogP contribution in [0.15, 0.2) is 18.2 Å². The number of methoxy groups -OCH3 is 2. The van der Waals surface area contributed by atoms with E-state index in [1.807, 2.05) is 17.0 Å². The Morgan fingerprint density at radius 1 is 1.17 bits per heavy atom. The Hall–Kier alpha value is -1.75. The molecule has 1 spiro atoms. The van der Waals surface area contributed by atoms with Crippen molar-refractivity contribution in [2.45, 2.75) is 38.6 Å². The molecule has 2 saturated heterocycles. The van der Waals surface area contributed by atoms with Crippen molar-refractivity contribution in [1.82, 2.24) is 10.2 Å². The Balaban J connectivity index is 2.02. The van der Waals surface area contributed by atoms with Crippen molar-refractivity contribution in [2.24, 2.45) is 5.41 Å². The summed E-state index contributed by atoms with van der Waals surface area (Å²) in [7, 11) is 3.30. The first kappa shape index (κ1) is 17.1. The molecule has 0 aliphatic carbocycles. The third-order valence-corrected chi connectivity index (χ3v) is 5.66. The van der Waals surface area contributed by atoms with Crippen LogP contribution in [0.25, 0.3) is 0 Å². The summed E-state index contributed by atoms with van der Waals surface area (Å²) in [5, 5.41) is 3.40. The van der Waals surface area contributed by atoms with Crippen molar-refractivity contribution < 1.29 is 14.3 Å². The lowest BCUT2D eigenvalue weighted by atomic mass is 9.68. The van der Waals surface area contributed by atoms with Gasteiger partial charge in [0.1, 0.15) is 0 Å². The molecule has 0 aromatic heterocycles. The van der Waals surface area contributed by atoms with E-state index in [2.05, 4.69) is 25.2 Å². The summed E-state index contributed by atoms with van der Waals surface area (Å²) in [5.74, 6) is 1.98. The zero-order valence-electron chi connectivity index (χ0n) is 15.1. The lowest BCUT2D eigenvalue weighted by molar-refractivity contribution is -0.139. The molecule has 1 atom stereocenters. The molecule has 2 heterocycles. The molecular weight excluding hydrogens is 304 g/mol. The van der Waals surface area contributed by atoms with Crippen molar-refractivity contribution in [3.8, 4) is 11.5 Å². The number of nitrogens with one attached hydrogen (secondary N) is 1. The molecule has 1 N–H and O–H groups in total. The molecule has 1 unspecified atom stereocenters. The number of amides is 1. The van der Waals surface area contributed by atoms with Crippen LogP contribution in [0.1, 0.15) is 38.2 Å². The van der Waals surface area contributed by atoms with E-state index in [9.17, 15) is 4.79 Å². The smallest absolute Gasteiger partial charge is 0.229 e. The van der Waals surface area contributed by atoms with Gasteiger partial charge in [0.15, 0.2) is 11.5 Å². The number of likely N-dealkylation sites (tertiary alicyclic amines) is 1. The zero-order chi connectivity index (χ0) is 17.3. The van der Waals surface area contributed by atoms with E-state index in [4.69, 9.17) is 9.47 Å². The van der Waals surface area contributed by atoms with Crippen molar-refractivity contribution in [1.29, 1.82) is 0 Å². The monoisotopic (exact) mass is 332 g/mol.